The lowest BCUT2D eigenvalue weighted by atomic mass is 9.86. The number of nitrogens with one attached hydrogen (secondary N) is 2. The average Bonchev–Trinajstić information content (AvgIpc) is 2.91. The van der Waals surface area contributed by atoms with Crippen LogP contribution in [0.3, 0.4) is 0 Å². The minimum atomic E-state index is -0.640. The van der Waals surface area contributed by atoms with E-state index in [0.717, 1.165) is 47.7 Å². The van der Waals surface area contributed by atoms with Gasteiger partial charge in [0.05, 0.1) is 17.2 Å². The van der Waals surface area contributed by atoms with Crippen molar-refractivity contribution in [3.05, 3.63) is 64.6 Å². The van der Waals surface area contributed by atoms with Crippen LogP contribution in [0.5, 0.6) is 11.5 Å². The lowest BCUT2D eigenvalue weighted by Gasteiger charge is -2.41. The van der Waals surface area contributed by atoms with E-state index in [1.807, 2.05) is 42.5 Å². The summed E-state index contributed by atoms with van der Waals surface area (Å²) in [4.78, 5) is 31.9. The molecule has 3 heterocycles. The average molecular weight is 478 g/mol. The Hall–Kier alpha value is -3.43. The number of aromatic nitrogens is 2. The van der Waals surface area contributed by atoms with E-state index >= 15 is 0 Å². The normalized spacial score (nSPS) is 17.3. The summed E-state index contributed by atoms with van der Waals surface area (Å²) in [5.74, 6) is 1.51. The zero-order valence-electron chi connectivity index (χ0n) is 20.0. The number of likely N-dealkylation sites (tertiary alicyclic amines) is 1. The Morgan fingerprint density at radius 3 is 2.63 bits per heavy atom. The van der Waals surface area contributed by atoms with E-state index < -0.39 is 5.54 Å². The molecule has 35 heavy (non-hydrogen) atoms. The fourth-order valence-corrected chi connectivity index (χ4v) is 4.94. The van der Waals surface area contributed by atoms with Crippen LogP contribution in [-0.2, 0) is 17.9 Å². The van der Waals surface area contributed by atoms with E-state index in [-0.39, 0.29) is 11.5 Å². The molecule has 3 aromatic rings. The smallest absolute Gasteiger partial charge is 0.269 e. The van der Waals surface area contributed by atoms with Crippen molar-refractivity contribution in [1.82, 2.24) is 25.1 Å². The summed E-state index contributed by atoms with van der Waals surface area (Å²) in [5.41, 5.74) is 1.97. The molecule has 0 atom stereocenters. The van der Waals surface area contributed by atoms with Crippen LogP contribution >= 0.6 is 0 Å². The predicted molar refractivity (Wildman–Crippen MR) is 133 cm³/mol. The second-order valence-electron chi connectivity index (χ2n) is 9.07. The van der Waals surface area contributed by atoms with Gasteiger partial charge in [-0.25, -0.2) is 4.98 Å². The molecule has 0 aliphatic carbocycles. The topological polar surface area (TPSA) is 97.7 Å². The minimum absolute atomic E-state index is 0.00559. The fourth-order valence-electron chi connectivity index (χ4n) is 4.94. The first kappa shape index (κ1) is 23.3. The van der Waals surface area contributed by atoms with Crippen molar-refractivity contribution in [2.45, 2.75) is 31.5 Å². The second kappa shape index (κ2) is 10.1. The Bertz CT molecular complexity index is 1270. The quantitative estimate of drug-likeness (QED) is 0.533. The van der Waals surface area contributed by atoms with Gasteiger partial charge in [-0.2, -0.15) is 0 Å². The number of hydrogen-bond acceptors (Lipinski definition) is 7. The number of carbonyl (C=O) groups is 1. The summed E-state index contributed by atoms with van der Waals surface area (Å²) in [6.45, 7) is 4.51. The third-order valence-corrected chi connectivity index (χ3v) is 7.00. The molecule has 1 amide bonds. The van der Waals surface area contributed by atoms with Crippen LogP contribution in [0.2, 0.25) is 0 Å². The molecule has 2 aliphatic heterocycles. The first-order chi connectivity index (χ1) is 17.1. The van der Waals surface area contributed by atoms with Gasteiger partial charge in [-0.05, 0) is 42.7 Å². The number of rotatable bonds is 7. The Kier molecular flexibility index (Phi) is 6.70. The molecule has 9 nitrogen and oxygen atoms in total. The lowest BCUT2D eigenvalue weighted by molar-refractivity contribution is -0.129. The van der Waals surface area contributed by atoms with Crippen molar-refractivity contribution >= 4 is 16.9 Å². The molecule has 0 bridgehead atoms. The number of para-hydroxylation sites is 2. The van der Waals surface area contributed by atoms with Gasteiger partial charge >= 0.3 is 0 Å². The molecule has 1 aromatic heterocycles. The largest absolute Gasteiger partial charge is 0.486 e. The number of likely N-dealkylation sites (N-methyl/N-ethyl adjacent to an activating group) is 1. The third-order valence-electron chi connectivity index (χ3n) is 7.00. The SMILES string of the molecule is CNC(=O)C1(NCc2ccc3c(c2)OCCO3)CCN(CCn2c(=O)cnc3ccccc32)CC1. The summed E-state index contributed by atoms with van der Waals surface area (Å²) in [6.07, 6.45) is 2.75. The second-order valence-corrected chi connectivity index (χ2v) is 9.07. The number of carbonyl (C=O) groups excluding carboxylic acids is 1. The minimum Gasteiger partial charge on any atom is -0.486 e. The predicted octanol–water partition coefficient (Wildman–Crippen LogP) is 1.54. The summed E-state index contributed by atoms with van der Waals surface area (Å²) in [5, 5.41) is 6.38. The first-order valence-corrected chi connectivity index (χ1v) is 12.1. The Morgan fingerprint density at radius 2 is 1.83 bits per heavy atom. The maximum Gasteiger partial charge on any atom is 0.269 e. The number of nitrogens with zero attached hydrogens (tertiary/aromatic N) is 3. The number of amides is 1. The maximum atomic E-state index is 12.9. The maximum absolute atomic E-state index is 12.9. The van der Waals surface area contributed by atoms with Gasteiger partial charge in [0.15, 0.2) is 11.5 Å². The molecule has 0 unspecified atom stereocenters. The van der Waals surface area contributed by atoms with Crippen LogP contribution in [0.25, 0.3) is 11.0 Å². The standard InChI is InChI=1S/C26H31N5O4/c1-27-25(33)26(29-17-19-6-7-22-23(16-19)35-15-14-34-22)8-10-30(11-9-26)12-13-31-21-5-3-2-4-20(21)28-18-24(31)32/h2-7,16,18,29H,8-15,17H2,1H3,(H,27,33). The Balaban J connectivity index is 1.23. The van der Waals surface area contributed by atoms with Gasteiger partial charge in [0, 0.05) is 39.8 Å². The van der Waals surface area contributed by atoms with Gasteiger partial charge in [-0.3, -0.25) is 14.9 Å². The van der Waals surface area contributed by atoms with E-state index in [4.69, 9.17) is 9.47 Å². The van der Waals surface area contributed by atoms with Crippen LogP contribution < -0.4 is 25.7 Å². The zero-order chi connectivity index (χ0) is 24.3. The van der Waals surface area contributed by atoms with Gasteiger partial charge in [0.25, 0.3) is 5.56 Å². The molecule has 0 spiro atoms. The van der Waals surface area contributed by atoms with Crippen molar-refractivity contribution in [2.24, 2.45) is 0 Å². The highest BCUT2D eigenvalue weighted by atomic mass is 16.6. The molecule has 0 radical (unpaired) electrons. The Morgan fingerprint density at radius 1 is 1.06 bits per heavy atom. The van der Waals surface area contributed by atoms with E-state index in [0.29, 0.717) is 39.1 Å². The molecular formula is C26H31N5O4. The molecular weight excluding hydrogens is 446 g/mol. The lowest BCUT2D eigenvalue weighted by Crippen LogP contribution is -2.61. The number of fused-ring (bicyclic) bond motifs is 2. The molecule has 9 heteroatoms. The summed E-state index contributed by atoms with van der Waals surface area (Å²) in [6, 6.07) is 13.6. The number of hydrogen-bond donors (Lipinski definition) is 2. The molecule has 2 N–H and O–H groups in total. The number of piperidine rings is 1. The van der Waals surface area contributed by atoms with Crippen molar-refractivity contribution in [1.29, 1.82) is 0 Å². The molecule has 5 rings (SSSR count). The van der Waals surface area contributed by atoms with Gasteiger partial charge in [0.2, 0.25) is 5.91 Å². The molecule has 1 fully saturated rings. The summed E-state index contributed by atoms with van der Waals surface area (Å²) >= 11 is 0. The highest BCUT2D eigenvalue weighted by Crippen LogP contribution is 2.31. The summed E-state index contributed by atoms with van der Waals surface area (Å²) < 4.78 is 13.1. The van der Waals surface area contributed by atoms with Crippen molar-refractivity contribution in [2.75, 3.05) is 39.9 Å². The van der Waals surface area contributed by atoms with E-state index in [2.05, 4.69) is 20.5 Å². The highest BCUT2D eigenvalue weighted by molar-refractivity contribution is 5.86. The molecule has 2 aromatic carbocycles. The van der Waals surface area contributed by atoms with Crippen molar-refractivity contribution < 1.29 is 14.3 Å². The monoisotopic (exact) mass is 477 g/mol. The van der Waals surface area contributed by atoms with E-state index in [1.54, 1.807) is 11.6 Å². The highest BCUT2D eigenvalue weighted by Gasteiger charge is 2.40. The van der Waals surface area contributed by atoms with Gasteiger partial charge in [-0.1, -0.05) is 18.2 Å². The molecule has 2 aliphatic rings. The Labute approximate surface area is 204 Å². The van der Waals surface area contributed by atoms with Crippen LogP contribution in [0, 0.1) is 0 Å². The number of ether oxygens (including phenoxy) is 2. The van der Waals surface area contributed by atoms with Crippen LogP contribution in [0.15, 0.2) is 53.5 Å². The van der Waals surface area contributed by atoms with Gasteiger partial charge in [-0.15, -0.1) is 0 Å². The van der Waals surface area contributed by atoms with Gasteiger partial charge in [0.1, 0.15) is 18.8 Å². The van der Waals surface area contributed by atoms with E-state index in [1.165, 1.54) is 6.20 Å². The van der Waals surface area contributed by atoms with Crippen LogP contribution in [-0.4, -0.2) is 65.8 Å². The van der Waals surface area contributed by atoms with E-state index in [9.17, 15) is 9.59 Å². The van der Waals surface area contributed by atoms with Crippen LogP contribution in [0.4, 0.5) is 0 Å². The number of benzene rings is 2. The first-order valence-electron chi connectivity index (χ1n) is 12.1. The molecule has 184 valence electrons. The van der Waals surface area contributed by atoms with Gasteiger partial charge < -0.3 is 24.3 Å². The third kappa shape index (κ3) is 4.87. The van der Waals surface area contributed by atoms with Crippen molar-refractivity contribution in [3.63, 3.8) is 0 Å². The van der Waals surface area contributed by atoms with Crippen molar-refractivity contribution in [3.8, 4) is 11.5 Å². The molecule has 0 saturated carbocycles. The molecule has 1 saturated heterocycles. The van der Waals surface area contributed by atoms with Crippen LogP contribution in [0.1, 0.15) is 18.4 Å². The summed E-state index contributed by atoms with van der Waals surface area (Å²) in [7, 11) is 1.68. The fraction of sp³-hybridized carbons (Fsp3) is 0.423. The zero-order valence-corrected chi connectivity index (χ0v) is 20.0.